The third-order valence-corrected chi connectivity index (χ3v) is 6.61. The first-order valence-electron chi connectivity index (χ1n) is 7.83. The van der Waals surface area contributed by atoms with E-state index in [1.807, 2.05) is 6.07 Å². The minimum absolute atomic E-state index is 0.153. The Morgan fingerprint density at radius 2 is 2.09 bits per heavy atom. The molecular weight excluding hydrogens is 300 g/mol. The number of carbonyl (C=O) groups is 1. The normalized spacial score (nSPS) is 20.7. The van der Waals surface area contributed by atoms with Crippen LogP contribution in [0.4, 0.5) is 5.82 Å². The lowest BCUT2D eigenvalue weighted by Gasteiger charge is -2.41. The minimum Gasteiger partial charge on any atom is -0.462 e. The van der Waals surface area contributed by atoms with E-state index in [9.17, 15) is 9.00 Å². The molecule has 1 atom stereocenters. The van der Waals surface area contributed by atoms with Gasteiger partial charge in [0.25, 0.3) is 0 Å². The fourth-order valence-electron chi connectivity index (χ4n) is 2.81. The van der Waals surface area contributed by atoms with Crippen LogP contribution in [0.3, 0.4) is 0 Å². The summed E-state index contributed by atoms with van der Waals surface area (Å²) in [6, 6.07) is 3.59. The number of nitrogens with zero attached hydrogens (tertiary/aromatic N) is 2. The second-order valence-corrected chi connectivity index (χ2v) is 7.45. The molecule has 0 aliphatic carbocycles. The van der Waals surface area contributed by atoms with Gasteiger partial charge < -0.3 is 9.64 Å². The van der Waals surface area contributed by atoms with Crippen LogP contribution in [-0.4, -0.2) is 45.4 Å². The molecule has 1 aromatic rings. The Bertz CT molecular complexity index is 541. The number of anilines is 1. The second-order valence-electron chi connectivity index (χ2n) is 5.49. The van der Waals surface area contributed by atoms with Crippen molar-refractivity contribution in [2.75, 3.05) is 30.3 Å². The molecule has 0 saturated carbocycles. The van der Waals surface area contributed by atoms with Crippen LogP contribution in [0.15, 0.2) is 18.3 Å². The molecule has 0 N–H and O–H groups in total. The predicted molar refractivity (Wildman–Crippen MR) is 88.7 cm³/mol. The van der Waals surface area contributed by atoms with Gasteiger partial charge in [0.2, 0.25) is 0 Å². The zero-order valence-electron chi connectivity index (χ0n) is 13.5. The molecule has 2 rings (SSSR count). The molecule has 1 aromatic heterocycles. The lowest BCUT2D eigenvalue weighted by Crippen LogP contribution is -2.53. The van der Waals surface area contributed by atoms with E-state index < -0.39 is 10.8 Å². The molecule has 2 heterocycles. The molecule has 6 heteroatoms. The maximum Gasteiger partial charge on any atom is 0.339 e. The Morgan fingerprint density at radius 3 is 2.64 bits per heavy atom. The number of hydrogen-bond donors (Lipinski definition) is 0. The van der Waals surface area contributed by atoms with Crippen LogP contribution in [0, 0.1) is 0 Å². The van der Waals surface area contributed by atoms with Crippen LogP contribution < -0.4 is 4.90 Å². The lowest BCUT2D eigenvalue weighted by molar-refractivity contribution is 0.0526. The third-order valence-electron chi connectivity index (χ3n) is 4.38. The lowest BCUT2D eigenvalue weighted by atomic mass is 10.0. The largest absolute Gasteiger partial charge is 0.462 e. The summed E-state index contributed by atoms with van der Waals surface area (Å²) >= 11 is 0. The molecule has 1 fully saturated rings. The molecule has 0 radical (unpaired) electrons. The van der Waals surface area contributed by atoms with E-state index in [-0.39, 0.29) is 10.7 Å². The first kappa shape index (κ1) is 16.9. The summed E-state index contributed by atoms with van der Waals surface area (Å²) in [5.41, 5.74) is 0.462. The van der Waals surface area contributed by atoms with Crippen LogP contribution in [0.1, 0.15) is 44.0 Å². The van der Waals surface area contributed by atoms with E-state index in [2.05, 4.69) is 23.7 Å². The van der Waals surface area contributed by atoms with Gasteiger partial charge in [0.1, 0.15) is 5.82 Å². The van der Waals surface area contributed by atoms with Gasteiger partial charge in [0.15, 0.2) is 0 Å². The third kappa shape index (κ3) is 3.32. The summed E-state index contributed by atoms with van der Waals surface area (Å²) in [5.74, 6) is 1.15. The zero-order valence-corrected chi connectivity index (χ0v) is 14.3. The molecule has 1 unspecified atom stereocenters. The highest BCUT2D eigenvalue weighted by Crippen LogP contribution is 2.30. The van der Waals surface area contributed by atoms with Crippen LogP contribution >= 0.6 is 0 Å². The summed E-state index contributed by atoms with van der Waals surface area (Å²) in [5, 5.41) is 0. The highest BCUT2D eigenvalue weighted by molar-refractivity contribution is 7.86. The molecule has 1 aliphatic heterocycles. The molecule has 1 aliphatic rings. The number of carbonyl (C=O) groups excluding carboxylic acids is 1. The van der Waals surface area contributed by atoms with E-state index in [0.717, 1.165) is 31.7 Å². The number of esters is 1. The summed E-state index contributed by atoms with van der Waals surface area (Å²) in [6.07, 6.45) is 3.35. The van der Waals surface area contributed by atoms with Crippen molar-refractivity contribution in [3.05, 3.63) is 23.9 Å². The Labute approximate surface area is 134 Å². The quantitative estimate of drug-likeness (QED) is 0.778. The molecular formula is C16H24N2O3S. The first-order chi connectivity index (χ1) is 10.6. The Kier molecular flexibility index (Phi) is 5.56. The van der Waals surface area contributed by atoms with Crippen molar-refractivity contribution >= 4 is 22.6 Å². The standard InChI is InChI=1S/C16H24N2O3S/c1-4-16(5-2)12-18(9-10-22(16)20)14-8-7-13(11-17-14)15(19)21-6-3/h7-8,11H,4-6,9-10,12H2,1-3H3. The monoisotopic (exact) mass is 324 g/mol. The first-order valence-corrected chi connectivity index (χ1v) is 9.14. The topological polar surface area (TPSA) is 59.5 Å². The maximum atomic E-state index is 12.4. The van der Waals surface area contributed by atoms with Crippen molar-refractivity contribution < 1.29 is 13.7 Å². The molecule has 0 aromatic carbocycles. The van der Waals surface area contributed by atoms with E-state index in [0.29, 0.717) is 17.9 Å². The Hall–Kier alpha value is -1.43. The van der Waals surface area contributed by atoms with Gasteiger partial charge in [-0.25, -0.2) is 9.78 Å². The van der Waals surface area contributed by atoms with Crippen LogP contribution in [0.25, 0.3) is 0 Å². The number of pyridine rings is 1. The van der Waals surface area contributed by atoms with E-state index in [1.54, 1.807) is 19.2 Å². The highest BCUT2D eigenvalue weighted by Gasteiger charge is 2.39. The van der Waals surface area contributed by atoms with Crippen molar-refractivity contribution in [2.45, 2.75) is 38.4 Å². The maximum absolute atomic E-state index is 12.4. The summed E-state index contributed by atoms with van der Waals surface area (Å²) < 4.78 is 17.2. The smallest absolute Gasteiger partial charge is 0.339 e. The number of ether oxygens (including phenoxy) is 1. The van der Waals surface area contributed by atoms with E-state index in [4.69, 9.17) is 4.74 Å². The predicted octanol–water partition coefficient (Wildman–Crippen LogP) is 2.39. The summed E-state index contributed by atoms with van der Waals surface area (Å²) in [6.45, 7) is 7.82. The van der Waals surface area contributed by atoms with Gasteiger partial charge in [-0.15, -0.1) is 0 Å². The van der Waals surface area contributed by atoms with Gasteiger partial charge in [-0.05, 0) is 31.9 Å². The van der Waals surface area contributed by atoms with Crippen LogP contribution in [0.5, 0.6) is 0 Å². The molecule has 22 heavy (non-hydrogen) atoms. The summed E-state index contributed by atoms with van der Waals surface area (Å²) in [7, 11) is -0.789. The number of aromatic nitrogens is 1. The Morgan fingerprint density at radius 1 is 1.36 bits per heavy atom. The van der Waals surface area contributed by atoms with E-state index in [1.165, 1.54) is 0 Å². The molecule has 0 spiro atoms. The molecule has 1 saturated heterocycles. The van der Waals surface area contributed by atoms with E-state index >= 15 is 0 Å². The SMILES string of the molecule is CCOC(=O)c1ccc(N2CCS(=O)C(CC)(CC)C2)nc1. The van der Waals surface area contributed by atoms with Crippen LogP contribution in [-0.2, 0) is 15.5 Å². The van der Waals surface area contributed by atoms with Gasteiger partial charge in [-0.1, -0.05) is 13.8 Å². The van der Waals surface area contributed by atoms with Gasteiger partial charge in [-0.2, -0.15) is 0 Å². The molecule has 122 valence electrons. The second kappa shape index (κ2) is 7.22. The molecule has 0 amide bonds. The van der Waals surface area contributed by atoms with Gasteiger partial charge in [0.05, 0.1) is 16.9 Å². The number of rotatable bonds is 5. The molecule has 0 bridgehead atoms. The van der Waals surface area contributed by atoms with Crippen LogP contribution in [0.2, 0.25) is 0 Å². The fraction of sp³-hybridized carbons (Fsp3) is 0.625. The van der Waals surface area contributed by atoms with Gasteiger partial charge >= 0.3 is 5.97 Å². The van der Waals surface area contributed by atoms with Crippen molar-refractivity contribution in [2.24, 2.45) is 0 Å². The molecule has 5 nitrogen and oxygen atoms in total. The summed E-state index contributed by atoms with van der Waals surface area (Å²) in [4.78, 5) is 18.2. The number of hydrogen-bond acceptors (Lipinski definition) is 5. The Balaban J connectivity index is 2.15. The van der Waals surface area contributed by atoms with Gasteiger partial charge in [-0.3, -0.25) is 4.21 Å². The fourth-order valence-corrected chi connectivity index (χ4v) is 4.57. The van der Waals surface area contributed by atoms with Crippen molar-refractivity contribution in [3.8, 4) is 0 Å². The van der Waals surface area contributed by atoms with Crippen molar-refractivity contribution in [1.29, 1.82) is 0 Å². The van der Waals surface area contributed by atoms with Crippen molar-refractivity contribution in [1.82, 2.24) is 4.98 Å². The average Bonchev–Trinajstić information content (AvgIpc) is 2.56. The minimum atomic E-state index is -0.789. The average molecular weight is 324 g/mol. The highest BCUT2D eigenvalue weighted by atomic mass is 32.2. The van der Waals surface area contributed by atoms with Gasteiger partial charge in [0, 0.05) is 35.8 Å². The van der Waals surface area contributed by atoms with Crippen molar-refractivity contribution in [3.63, 3.8) is 0 Å². The zero-order chi connectivity index (χ0) is 16.2.